The van der Waals surface area contributed by atoms with E-state index in [2.05, 4.69) is 51.3 Å². The van der Waals surface area contributed by atoms with Crippen molar-refractivity contribution in [3.8, 4) is 11.3 Å². The van der Waals surface area contributed by atoms with Crippen LogP contribution in [0.15, 0.2) is 61.1 Å². The normalized spacial score (nSPS) is 14.5. The molecule has 1 saturated heterocycles. The number of hydrogen-bond donors (Lipinski definition) is 3. The van der Waals surface area contributed by atoms with Crippen LogP contribution >= 0.6 is 0 Å². The van der Waals surface area contributed by atoms with E-state index < -0.39 is 0 Å². The molecule has 0 bridgehead atoms. The molecule has 5 N–H and O–H groups in total. The number of hydrogen-bond acceptors (Lipinski definition) is 6. The molecule has 0 saturated carbocycles. The molecule has 3 heterocycles. The summed E-state index contributed by atoms with van der Waals surface area (Å²) in [6.45, 7) is 7.68. The minimum absolute atomic E-state index is 0.618. The Labute approximate surface area is 193 Å². The third-order valence-corrected chi connectivity index (χ3v) is 6.25. The predicted octanol–water partition coefficient (Wildman–Crippen LogP) is 2.04. The molecular formula is C25H29N8+. The van der Waals surface area contributed by atoms with Crippen LogP contribution in [-0.4, -0.2) is 58.2 Å². The average Bonchev–Trinajstić information content (AvgIpc) is 3.34. The lowest BCUT2D eigenvalue weighted by atomic mass is 10.1. The first kappa shape index (κ1) is 21.0. The summed E-state index contributed by atoms with van der Waals surface area (Å²) in [5.74, 6) is 0.690. The number of imidazole rings is 1. The van der Waals surface area contributed by atoms with Crippen molar-refractivity contribution in [2.45, 2.75) is 6.92 Å². The number of aromatic nitrogens is 3. The molecule has 2 aromatic heterocycles. The number of fused-ring (bicyclic) bond motifs is 1. The number of nitrogens with zero attached hydrogens (tertiary/aromatic N) is 5. The number of likely N-dealkylation sites (N-methyl/N-ethyl adjacent to an activating group) is 1. The summed E-state index contributed by atoms with van der Waals surface area (Å²) >= 11 is 0. The van der Waals surface area contributed by atoms with Crippen LogP contribution in [-0.2, 0) is 0 Å². The smallest absolute Gasteiger partial charge is 0.180 e. The van der Waals surface area contributed by atoms with E-state index in [1.807, 2.05) is 35.0 Å². The van der Waals surface area contributed by atoms with Crippen molar-refractivity contribution in [3.63, 3.8) is 0 Å². The SMILES string of the molecule is CCN1CCN(c2ccc(Nc3nc(-c4ccc(C=[NH2+])c(N)c4)cn4ccnc34)cc2)CC1. The first-order chi connectivity index (χ1) is 16.1. The second-order valence-corrected chi connectivity index (χ2v) is 8.24. The lowest BCUT2D eigenvalue weighted by molar-refractivity contribution is -0.104. The van der Waals surface area contributed by atoms with Gasteiger partial charge in [0.2, 0.25) is 0 Å². The minimum atomic E-state index is 0.618. The van der Waals surface area contributed by atoms with Gasteiger partial charge < -0.3 is 25.3 Å². The Morgan fingerprint density at radius 2 is 1.88 bits per heavy atom. The zero-order valence-electron chi connectivity index (χ0n) is 18.8. The number of piperazine rings is 1. The van der Waals surface area contributed by atoms with Gasteiger partial charge in [0, 0.05) is 67.4 Å². The lowest BCUT2D eigenvalue weighted by Crippen LogP contribution is -2.46. The van der Waals surface area contributed by atoms with Gasteiger partial charge in [-0.3, -0.25) is 5.41 Å². The maximum absolute atomic E-state index is 6.13. The number of nitrogens with one attached hydrogen (secondary N) is 1. The Kier molecular flexibility index (Phi) is 5.66. The third-order valence-electron chi connectivity index (χ3n) is 6.25. The van der Waals surface area contributed by atoms with Crippen LogP contribution in [0.1, 0.15) is 12.5 Å². The van der Waals surface area contributed by atoms with Crippen molar-refractivity contribution in [3.05, 3.63) is 66.6 Å². The molecule has 1 aliphatic rings. The van der Waals surface area contributed by atoms with Gasteiger partial charge in [0.25, 0.3) is 0 Å². The number of benzene rings is 2. The topological polar surface area (TPSA) is 100 Å². The molecule has 0 radical (unpaired) electrons. The largest absolute Gasteiger partial charge is 0.398 e. The summed E-state index contributed by atoms with van der Waals surface area (Å²) in [6, 6.07) is 14.3. The first-order valence-corrected chi connectivity index (χ1v) is 11.3. The molecule has 0 spiro atoms. The van der Waals surface area contributed by atoms with Crippen molar-refractivity contribution in [2.24, 2.45) is 0 Å². The van der Waals surface area contributed by atoms with Gasteiger partial charge in [0.1, 0.15) is 0 Å². The fourth-order valence-corrected chi connectivity index (χ4v) is 4.26. The van der Waals surface area contributed by atoms with Gasteiger partial charge >= 0.3 is 0 Å². The van der Waals surface area contributed by atoms with Crippen molar-refractivity contribution in [1.82, 2.24) is 19.3 Å². The fraction of sp³-hybridized carbons (Fsp3) is 0.240. The van der Waals surface area contributed by atoms with E-state index in [9.17, 15) is 0 Å². The summed E-state index contributed by atoms with van der Waals surface area (Å²) < 4.78 is 1.96. The van der Waals surface area contributed by atoms with Crippen molar-refractivity contribution in [1.29, 1.82) is 0 Å². The number of nitrogen functional groups attached to an aromatic ring is 1. The van der Waals surface area contributed by atoms with E-state index in [-0.39, 0.29) is 0 Å². The van der Waals surface area contributed by atoms with E-state index >= 15 is 0 Å². The molecule has 0 unspecified atom stereocenters. The van der Waals surface area contributed by atoms with Crippen LogP contribution in [0.2, 0.25) is 0 Å². The first-order valence-electron chi connectivity index (χ1n) is 11.3. The molecule has 1 fully saturated rings. The van der Waals surface area contributed by atoms with Crippen molar-refractivity contribution in [2.75, 3.05) is 48.7 Å². The highest BCUT2D eigenvalue weighted by molar-refractivity contribution is 5.85. The molecule has 168 valence electrons. The summed E-state index contributed by atoms with van der Waals surface area (Å²) in [5.41, 5.74) is 12.2. The molecule has 0 amide bonds. The number of nitrogens with two attached hydrogens (primary N) is 2. The molecule has 33 heavy (non-hydrogen) atoms. The Bertz CT molecular complexity index is 1270. The molecule has 8 heteroatoms. The van der Waals surface area contributed by atoms with Crippen LogP contribution in [0.25, 0.3) is 16.9 Å². The monoisotopic (exact) mass is 441 g/mol. The van der Waals surface area contributed by atoms with Crippen molar-refractivity contribution < 1.29 is 5.41 Å². The van der Waals surface area contributed by atoms with Crippen LogP contribution < -0.4 is 21.4 Å². The van der Waals surface area contributed by atoms with Gasteiger partial charge in [0.15, 0.2) is 17.7 Å². The highest BCUT2D eigenvalue weighted by Gasteiger charge is 2.16. The molecular weight excluding hydrogens is 412 g/mol. The van der Waals surface area contributed by atoms with Gasteiger partial charge in [-0.1, -0.05) is 13.0 Å². The average molecular weight is 442 g/mol. The Morgan fingerprint density at radius 3 is 2.58 bits per heavy atom. The Hall–Kier alpha value is -3.91. The van der Waals surface area contributed by atoms with Gasteiger partial charge in [-0.2, -0.15) is 0 Å². The maximum atomic E-state index is 6.13. The van der Waals surface area contributed by atoms with Gasteiger partial charge in [-0.05, 0) is 42.9 Å². The molecule has 0 atom stereocenters. The highest BCUT2D eigenvalue weighted by atomic mass is 15.3. The number of rotatable bonds is 6. The second-order valence-electron chi connectivity index (χ2n) is 8.24. The van der Waals surface area contributed by atoms with E-state index in [4.69, 9.17) is 16.1 Å². The molecule has 1 aliphatic heterocycles. The van der Waals surface area contributed by atoms with E-state index in [0.29, 0.717) is 11.5 Å². The van der Waals surface area contributed by atoms with Crippen molar-refractivity contribution >= 4 is 34.7 Å². The summed E-state index contributed by atoms with van der Waals surface area (Å²) in [5, 5.41) is 9.08. The number of anilines is 4. The lowest BCUT2D eigenvalue weighted by Gasteiger charge is -2.35. The van der Waals surface area contributed by atoms with Gasteiger partial charge in [0.05, 0.1) is 11.3 Å². The summed E-state index contributed by atoms with van der Waals surface area (Å²) in [7, 11) is 0. The molecule has 5 rings (SSSR count). The maximum Gasteiger partial charge on any atom is 0.180 e. The summed E-state index contributed by atoms with van der Waals surface area (Å²) in [6.07, 6.45) is 7.14. The van der Waals surface area contributed by atoms with Crippen LogP contribution in [0.5, 0.6) is 0 Å². The molecule has 0 aliphatic carbocycles. The predicted molar refractivity (Wildman–Crippen MR) is 134 cm³/mol. The van der Waals surface area contributed by atoms with E-state index in [1.54, 1.807) is 6.20 Å². The van der Waals surface area contributed by atoms with E-state index in [1.165, 1.54) is 11.9 Å². The Balaban J connectivity index is 1.40. The zero-order chi connectivity index (χ0) is 22.8. The van der Waals surface area contributed by atoms with E-state index in [0.717, 1.165) is 60.9 Å². The third kappa shape index (κ3) is 4.25. The fourth-order valence-electron chi connectivity index (χ4n) is 4.26. The molecule has 2 aromatic carbocycles. The Morgan fingerprint density at radius 1 is 1.09 bits per heavy atom. The van der Waals surface area contributed by atoms with Gasteiger partial charge in [-0.25, -0.2) is 9.97 Å². The quantitative estimate of drug-likeness (QED) is 0.313. The molecule has 4 aromatic rings. The van der Waals surface area contributed by atoms with Crippen LogP contribution in [0.3, 0.4) is 0 Å². The summed E-state index contributed by atoms with van der Waals surface area (Å²) in [4.78, 5) is 14.3. The van der Waals surface area contributed by atoms with Gasteiger partial charge in [-0.15, -0.1) is 0 Å². The minimum Gasteiger partial charge on any atom is -0.398 e. The van der Waals surface area contributed by atoms with Crippen LogP contribution in [0.4, 0.5) is 22.9 Å². The zero-order valence-corrected chi connectivity index (χ0v) is 18.8. The highest BCUT2D eigenvalue weighted by Crippen LogP contribution is 2.27. The standard InChI is InChI=1S/C25H28N8/c1-2-31-11-13-32(14-12-31)21-7-5-20(6-8-21)29-24-25-28-9-10-33(25)17-23(30-24)18-3-4-19(16-26)22(27)15-18/h3-10,15-17,26H,2,11-14,27H2,1H3,(H,29,30)/p+1. The second kappa shape index (κ2) is 8.91. The molecule has 8 nitrogen and oxygen atoms in total. The van der Waals surface area contributed by atoms with Crippen LogP contribution in [0, 0.1) is 0 Å².